The molecule has 0 aliphatic carbocycles. The molecule has 0 bridgehead atoms. The van der Waals surface area contributed by atoms with Gasteiger partial charge in [0.15, 0.2) is 17.2 Å². The van der Waals surface area contributed by atoms with Crippen molar-refractivity contribution in [3.63, 3.8) is 0 Å². The monoisotopic (exact) mass is 510 g/mol. The first-order chi connectivity index (χ1) is 19.2. The lowest BCUT2D eigenvalue weighted by Gasteiger charge is -2.27. The normalized spacial score (nSPS) is 14.3. The minimum Gasteiger partial charge on any atom is -0.437 e. The minimum absolute atomic E-state index is 0.327. The molecule has 0 spiro atoms. The van der Waals surface area contributed by atoms with Gasteiger partial charge in [-0.15, -0.1) is 5.10 Å². The van der Waals surface area contributed by atoms with Crippen molar-refractivity contribution < 1.29 is 9.15 Å². The highest BCUT2D eigenvalue weighted by molar-refractivity contribution is 5.87. The molecule has 0 fully saturated rings. The van der Waals surface area contributed by atoms with Crippen LogP contribution in [-0.4, -0.2) is 29.5 Å². The van der Waals surface area contributed by atoms with Crippen LogP contribution in [0, 0.1) is 6.92 Å². The summed E-state index contributed by atoms with van der Waals surface area (Å²) in [4.78, 5) is 33.0. The summed E-state index contributed by atoms with van der Waals surface area (Å²) in [5, 5.41) is 5.34. The van der Waals surface area contributed by atoms with E-state index < -0.39 is 11.5 Å². The zero-order valence-corrected chi connectivity index (χ0v) is 20.6. The Balaban J connectivity index is 1.48. The Kier molecular flexibility index (Phi) is 4.45. The van der Waals surface area contributed by atoms with Crippen LogP contribution in [0.1, 0.15) is 28.4 Å². The van der Waals surface area contributed by atoms with E-state index in [0.29, 0.717) is 62.1 Å². The molecular formula is C30H18N6O3. The summed E-state index contributed by atoms with van der Waals surface area (Å²) in [5.41, 5.74) is 4.94. The lowest BCUT2D eigenvalue weighted by Crippen LogP contribution is -2.24. The highest BCUT2D eigenvalue weighted by Gasteiger charge is 2.39. The molecule has 3 aromatic carbocycles. The fraction of sp³-hybridized carbons (Fsp3) is 0.0667. The quantitative estimate of drug-likeness (QED) is 0.283. The fourth-order valence-electron chi connectivity index (χ4n) is 5.29. The zero-order valence-electron chi connectivity index (χ0n) is 20.6. The Morgan fingerprint density at radius 3 is 2.41 bits per heavy atom. The number of hydrogen-bond donors (Lipinski definition) is 0. The molecule has 1 unspecified atom stereocenters. The summed E-state index contributed by atoms with van der Waals surface area (Å²) in [5.74, 6) is 0.554. The number of nitrogens with zero attached hydrogens (tertiary/aromatic N) is 6. The van der Waals surface area contributed by atoms with Gasteiger partial charge in [0.05, 0.1) is 44.9 Å². The summed E-state index contributed by atoms with van der Waals surface area (Å²) in [6, 6.07) is 24.6. The molecule has 0 saturated heterocycles. The van der Waals surface area contributed by atoms with Crippen LogP contribution in [0.25, 0.3) is 39.0 Å². The van der Waals surface area contributed by atoms with Crippen molar-refractivity contribution in [3.05, 3.63) is 118 Å². The van der Waals surface area contributed by atoms with Crippen LogP contribution < -0.4 is 10.4 Å². The lowest BCUT2D eigenvalue weighted by atomic mass is 9.86. The van der Waals surface area contributed by atoms with E-state index >= 15 is 0 Å². The average Bonchev–Trinajstić information content (AvgIpc) is 3.41. The third-order valence-electron chi connectivity index (χ3n) is 7.05. The number of aromatic nitrogens is 6. The highest BCUT2D eigenvalue weighted by atomic mass is 16.5. The molecule has 9 nitrogen and oxygen atoms in total. The summed E-state index contributed by atoms with van der Waals surface area (Å²) >= 11 is 0. The van der Waals surface area contributed by atoms with Crippen molar-refractivity contribution in [1.29, 1.82) is 0 Å². The topological polar surface area (TPSA) is 108 Å². The maximum absolute atomic E-state index is 13.7. The van der Waals surface area contributed by atoms with Gasteiger partial charge in [-0.05, 0) is 31.2 Å². The van der Waals surface area contributed by atoms with E-state index in [1.807, 2.05) is 79.7 Å². The van der Waals surface area contributed by atoms with Gasteiger partial charge in [-0.25, -0.2) is 29.2 Å². The summed E-state index contributed by atoms with van der Waals surface area (Å²) in [6.07, 6.45) is 1.57. The smallest absolute Gasteiger partial charge is 0.344 e. The molecule has 0 N–H and O–H groups in total. The molecule has 4 aromatic heterocycles. The molecule has 0 saturated carbocycles. The predicted molar refractivity (Wildman–Crippen MR) is 144 cm³/mol. The molecule has 186 valence electrons. The van der Waals surface area contributed by atoms with Crippen molar-refractivity contribution in [2.45, 2.75) is 12.8 Å². The SMILES string of the molecule is Cc1nc2ccccc2nc1C1c2c(c3ccccc3oc2=O)Oc2ncn3nc(-c4ccccc4)nc3c21. The highest BCUT2D eigenvalue weighted by Crippen LogP contribution is 2.49. The summed E-state index contributed by atoms with van der Waals surface area (Å²) in [7, 11) is 0. The minimum atomic E-state index is -0.703. The molecule has 7 aromatic rings. The molecule has 8 rings (SSSR count). The first-order valence-corrected chi connectivity index (χ1v) is 12.4. The Bertz CT molecular complexity index is 2150. The van der Waals surface area contributed by atoms with Crippen LogP contribution in [0.5, 0.6) is 11.6 Å². The maximum atomic E-state index is 13.7. The van der Waals surface area contributed by atoms with Crippen molar-refractivity contribution in [2.24, 2.45) is 0 Å². The van der Waals surface area contributed by atoms with E-state index in [1.165, 1.54) is 0 Å². The number of aryl methyl sites for hydroxylation is 1. The Morgan fingerprint density at radius 1 is 0.821 bits per heavy atom. The standard InChI is InChI=1S/C30H18N6O3/c1-16-25(33-20-13-7-6-12-19(20)32-16)22-23-26(18-11-5-8-14-21(18)38-30(23)37)39-29-24(22)28-34-27(35-36(28)15-31-29)17-9-3-2-4-10-17/h2-15,22H,1H3. The van der Waals surface area contributed by atoms with Crippen LogP contribution in [0.3, 0.4) is 0 Å². The van der Waals surface area contributed by atoms with Gasteiger partial charge >= 0.3 is 5.63 Å². The number of hydrogen-bond acceptors (Lipinski definition) is 8. The second-order valence-electron chi connectivity index (χ2n) is 9.38. The van der Waals surface area contributed by atoms with Crippen molar-refractivity contribution in [2.75, 3.05) is 0 Å². The van der Waals surface area contributed by atoms with Gasteiger partial charge in [0.25, 0.3) is 0 Å². The van der Waals surface area contributed by atoms with E-state index in [9.17, 15) is 4.79 Å². The zero-order chi connectivity index (χ0) is 26.1. The van der Waals surface area contributed by atoms with E-state index in [-0.39, 0.29) is 0 Å². The van der Waals surface area contributed by atoms with Crippen LogP contribution in [-0.2, 0) is 0 Å². The van der Waals surface area contributed by atoms with Gasteiger partial charge < -0.3 is 9.15 Å². The lowest BCUT2D eigenvalue weighted by molar-refractivity contribution is 0.421. The van der Waals surface area contributed by atoms with Gasteiger partial charge in [-0.1, -0.05) is 54.6 Å². The molecule has 39 heavy (non-hydrogen) atoms. The van der Waals surface area contributed by atoms with Gasteiger partial charge in [0, 0.05) is 5.56 Å². The largest absolute Gasteiger partial charge is 0.437 e. The predicted octanol–water partition coefficient (Wildman–Crippen LogP) is 5.44. The molecular weight excluding hydrogens is 492 g/mol. The van der Waals surface area contributed by atoms with Gasteiger partial charge in [-0.3, -0.25) is 0 Å². The Morgan fingerprint density at radius 2 is 1.56 bits per heavy atom. The van der Waals surface area contributed by atoms with E-state index in [4.69, 9.17) is 24.1 Å². The number of para-hydroxylation sites is 3. The van der Waals surface area contributed by atoms with Crippen molar-refractivity contribution in [3.8, 4) is 23.0 Å². The van der Waals surface area contributed by atoms with Crippen LogP contribution in [0.4, 0.5) is 0 Å². The number of ether oxygens (including phenoxy) is 1. The molecule has 1 aliphatic rings. The first kappa shape index (κ1) is 21.6. The number of rotatable bonds is 2. The molecule has 1 aliphatic heterocycles. The molecule has 0 amide bonds. The summed E-state index contributed by atoms with van der Waals surface area (Å²) < 4.78 is 13.8. The maximum Gasteiger partial charge on any atom is 0.344 e. The van der Waals surface area contributed by atoms with Crippen molar-refractivity contribution >= 4 is 27.6 Å². The number of fused-ring (bicyclic) bond motifs is 7. The van der Waals surface area contributed by atoms with E-state index in [1.54, 1.807) is 16.9 Å². The van der Waals surface area contributed by atoms with E-state index in [2.05, 4.69) is 10.1 Å². The second kappa shape index (κ2) is 8.03. The molecule has 5 heterocycles. The molecule has 1 atom stereocenters. The fourth-order valence-corrected chi connectivity index (χ4v) is 5.29. The Hall–Kier alpha value is -5.44. The molecule has 9 heteroatoms. The first-order valence-electron chi connectivity index (χ1n) is 12.4. The number of benzene rings is 3. The van der Waals surface area contributed by atoms with Crippen LogP contribution in [0.2, 0.25) is 0 Å². The molecule has 0 radical (unpaired) electrons. The van der Waals surface area contributed by atoms with E-state index in [0.717, 1.165) is 11.1 Å². The van der Waals surface area contributed by atoms with Gasteiger partial charge in [-0.2, -0.15) is 0 Å². The summed E-state index contributed by atoms with van der Waals surface area (Å²) in [6.45, 7) is 1.89. The van der Waals surface area contributed by atoms with Crippen LogP contribution in [0.15, 0.2) is 94.4 Å². The van der Waals surface area contributed by atoms with Gasteiger partial charge in [0.1, 0.15) is 11.9 Å². The second-order valence-corrected chi connectivity index (χ2v) is 9.38. The van der Waals surface area contributed by atoms with Gasteiger partial charge in [0.2, 0.25) is 5.88 Å². The Labute approximate surface area is 220 Å². The third kappa shape index (κ3) is 3.19. The third-order valence-corrected chi connectivity index (χ3v) is 7.05. The van der Waals surface area contributed by atoms with Crippen molar-refractivity contribution in [1.82, 2.24) is 29.5 Å². The average molecular weight is 511 g/mol. The van der Waals surface area contributed by atoms with Crippen LogP contribution >= 0.6 is 0 Å².